The molecule has 1 aliphatic rings. The third-order valence-corrected chi connectivity index (χ3v) is 4.74. The molecule has 4 nitrogen and oxygen atoms in total. The molecule has 1 aliphatic heterocycles. The number of nitrogens with one attached hydrogen (secondary N) is 1. The van der Waals surface area contributed by atoms with Crippen molar-refractivity contribution in [2.75, 3.05) is 16.8 Å². The van der Waals surface area contributed by atoms with Gasteiger partial charge in [-0.3, -0.25) is 0 Å². The Balaban J connectivity index is 1.99. The van der Waals surface area contributed by atoms with Gasteiger partial charge in [-0.15, -0.1) is 0 Å². The van der Waals surface area contributed by atoms with Gasteiger partial charge in [-0.1, -0.05) is 24.3 Å². The van der Waals surface area contributed by atoms with Crippen molar-refractivity contribution in [2.24, 2.45) is 0 Å². The van der Waals surface area contributed by atoms with E-state index in [4.69, 9.17) is 0 Å². The van der Waals surface area contributed by atoms with Crippen molar-refractivity contribution in [3.8, 4) is 0 Å². The Bertz CT molecular complexity index is 639. The number of anilines is 1. The molecule has 0 aliphatic carbocycles. The molecule has 2 N–H and O–H groups in total. The third kappa shape index (κ3) is 2.58. The van der Waals surface area contributed by atoms with Crippen LogP contribution in [0.2, 0.25) is 0 Å². The summed E-state index contributed by atoms with van der Waals surface area (Å²) in [5.74, 6) is 2.16. The molecule has 2 heterocycles. The molecular weight excluding hydrogens is 272 g/mol. The molecule has 1 aromatic heterocycles. The average molecular weight is 288 g/mol. The first-order valence-corrected chi connectivity index (χ1v) is 7.86. The molecule has 2 aromatic rings. The molecule has 1 atom stereocenters. The SMILES string of the molecule is O=C(O)c1cnc(NC2CCCSC2)c2ccccc12. The van der Waals surface area contributed by atoms with Gasteiger partial charge in [0.15, 0.2) is 0 Å². The van der Waals surface area contributed by atoms with Crippen LogP contribution in [0.1, 0.15) is 23.2 Å². The van der Waals surface area contributed by atoms with E-state index in [-0.39, 0.29) is 5.56 Å². The summed E-state index contributed by atoms with van der Waals surface area (Å²) < 4.78 is 0. The number of nitrogens with zero attached hydrogens (tertiary/aromatic N) is 1. The maximum absolute atomic E-state index is 11.3. The number of benzene rings is 1. The Morgan fingerprint density at radius 3 is 2.85 bits per heavy atom. The topological polar surface area (TPSA) is 62.2 Å². The van der Waals surface area contributed by atoms with Crippen LogP contribution in [0.25, 0.3) is 10.8 Å². The zero-order chi connectivity index (χ0) is 13.9. The van der Waals surface area contributed by atoms with Gasteiger partial charge in [-0.2, -0.15) is 11.8 Å². The van der Waals surface area contributed by atoms with E-state index >= 15 is 0 Å². The molecule has 0 amide bonds. The fourth-order valence-corrected chi connectivity index (χ4v) is 3.60. The summed E-state index contributed by atoms with van der Waals surface area (Å²) in [5.41, 5.74) is 0.254. The summed E-state index contributed by atoms with van der Waals surface area (Å²) in [6, 6.07) is 7.94. The lowest BCUT2D eigenvalue weighted by atomic mass is 10.1. The van der Waals surface area contributed by atoms with Gasteiger partial charge in [0, 0.05) is 28.8 Å². The maximum Gasteiger partial charge on any atom is 0.337 e. The predicted molar refractivity (Wildman–Crippen MR) is 82.7 cm³/mol. The van der Waals surface area contributed by atoms with Crippen LogP contribution < -0.4 is 5.32 Å². The second kappa shape index (κ2) is 5.71. The molecule has 0 radical (unpaired) electrons. The van der Waals surface area contributed by atoms with Crippen LogP contribution in [0, 0.1) is 0 Å². The van der Waals surface area contributed by atoms with Crippen LogP contribution in [0.15, 0.2) is 30.5 Å². The van der Waals surface area contributed by atoms with E-state index in [0.29, 0.717) is 6.04 Å². The van der Waals surface area contributed by atoms with Gasteiger partial charge in [-0.25, -0.2) is 9.78 Å². The van der Waals surface area contributed by atoms with Crippen LogP contribution in [0.4, 0.5) is 5.82 Å². The molecule has 1 saturated heterocycles. The number of carbonyl (C=O) groups is 1. The predicted octanol–water partition coefficient (Wildman–Crippen LogP) is 3.24. The highest BCUT2D eigenvalue weighted by Gasteiger charge is 2.17. The largest absolute Gasteiger partial charge is 0.478 e. The van der Waals surface area contributed by atoms with Crippen molar-refractivity contribution in [1.29, 1.82) is 0 Å². The molecule has 3 rings (SSSR count). The quantitative estimate of drug-likeness (QED) is 0.908. The van der Waals surface area contributed by atoms with Gasteiger partial charge in [0.05, 0.1) is 5.56 Å². The number of hydrogen-bond acceptors (Lipinski definition) is 4. The Labute approximate surface area is 121 Å². The van der Waals surface area contributed by atoms with Gasteiger partial charge < -0.3 is 10.4 Å². The standard InChI is InChI=1S/C15H16N2O2S/c18-15(19)13-8-16-14(12-6-2-1-5-11(12)13)17-10-4-3-7-20-9-10/h1-2,5-6,8,10H,3-4,7,9H2,(H,16,17)(H,18,19). The van der Waals surface area contributed by atoms with Gasteiger partial charge in [0.25, 0.3) is 0 Å². The maximum atomic E-state index is 11.3. The number of pyridine rings is 1. The third-order valence-electron chi connectivity index (χ3n) is 3.53. The summed E-state index contributed by atoms with van der Waals surface area (Å²) in [7, 11) is 0. The highest BCUT2D eigenvalue weighted by molar-refractivity contribution is 7.99. The number of fused-ring (bicyclic) bond motifs is 1. The summed E-state index contributed by atoms with van der Waals surface area (Å²) in [6.07, 6.45) is 3.81. The van der Waals surface area contributed by atoms with Crippen molar-refractivity contribution in [3.05, 3.63) is 36.0 Å². The molecule has 0 saturated carbocycles. The van der Waals surface area contributed by atoms with E-state index in [9.17, 15) is 9.90 Å². The van der Waals surface area contributed by atoms with Crippen LogP contribution in [-0.2, 0) is 0 Å². The molecule has 0 spiro atoms. The van der Waals surface area contributed by atoms with Crippen LogP contribution in [0.3, 0.4) is 0 Å². The number of carboxylic acid groups (broad SMARTS) is 1. The summed E-state index contributed by atoms with van der Waals surface area (Å²) >= 11 is 1.95. The van der Waals surface area contributed by atoms with E-state index < -0.39 is 5.97 Å². The van der Waals surface area contributed by atoms with E-state index in [2.05, 4.69) is 10.3 Å². The lowest BCUT2D eigenvalue weighted by molar-refractivity contribution is 0.0698. The zero-order valence-corrected chi connectivity index (χ0v) is 11.8. The van der Waals surface area contributed by atoms with Crippen LogP contribution in [-0.4, -0.2) is 33.6 Å². The molecular formula is C15H16N2O2S. The molecule has 1 fully saturated rings. The number of aromatic carboxylic acids is 1. The Hall–Kier alpha value is -1.75. The van der Waals surface area contributed by atoms with E-state index in [1.165, 1.54) is 18.4 Å². The first-order chi connectivity index (χ1) is 9.75. The van der Waals surface area contributed by atoms with Crippen molar-refractivity contribution in [1.82, 2.24) is 4.98 Å². The molecule has 1 unspecified atom stereocenters. The normalized spacial score (nSPS) is 18.9. The minimum Gasteiger partial charge on any atom is -0.478 e. The molecule has 1 aromatic carbocycles. The van der Waals surface area contributed by atoms with Crippen molar-refractivity contribution < 1.29 is 9.90 Å². The van der Waals surface area contributed by atoms with Gasteiger partial charge >= 0.3 is 5.97 Å². The zero-order valence-electron chi connectivity index (χ0n) is 11.0. The Morgan fingerprint density at radius 2 is 2.15 bits per heavy atom. The second-order valence-electron chi connectivity index (χ2n) is 4.93. The van der Waals surface area contributed by atoms with E-state index in [1.807, 2.05) is 36.0 Å². The minimum atomic E-state index is -0.937. The first-order valence-electron chi connectivity index (χ1n) is 6.71. The Kier molecular flexibility index (Phi) is 3.78. The highest BCUT2D eigenvalue weighted by Crippen LogP contribution is 2.27. The van der Waals surface area contributed by atoms with Crippen molar-refractivity contribution in [2.45, 2.75) is 18.9 Å². The van der Waals surface area contributed by atoms with Crippen molar-refractivity contribution in [3.63, 3.8) is 0 Å². The summed E-state index contributed by atoms with van der Waals surface area (Å²) in [6.45, 7) is 0. The lowest BCUT2D eigenvalue weighted by Gasteiger charge is -2.23. The number of aromatic nitrogens is 1. The monoisotopic (exact) mass is 288 g/mol. The first kappa shape index (κ1) is 13.2. The van der Waals surface area contributed by atoms with E-state index in [1.54, 1.807) is 0 Å². The molecule has 20 heavy (non-hydrogen) atoms. The number of rotatable bonds is 3. The molecule has 0 bridgehead atoms. The summed E-state index contributed by atoms with van der Waals surface area (Å²) in [5, 5.41) is 14.3. The summed E-state index contributed by atoms with van der Waals surface area (Å²) in [4.78, 5) is 15.6. The van der Waals surface area contributed by atoms with Gasteiger partial charge in [0.1, 0.15) is 5.82 Å². The second-order valence-corrected chi connectivity index (χ2v) is 6.08. The fraction of sp³-hybridized carbons (Fsp3) is 0.333. The molecule has 104 valence electrons. The average Bonchev–Trinajstić information content (AvgIpc) is 2.48. The number of thioether (sulfide) groups is 1. The van der Waals surface area contributed by atoms with Crippen molar-refractivity contribution >= 4 is 34.3 Å². The van der Waals surface area contributed by atoms with E-state index in [0.717, 1.165) is 28.8 Å². The van der Waals surface area contributed by atoms with Gasteiger partial charge in [0.2, 0.25) is 0 Å². The van der Waals surface area contributed by atoms with Crippen LogP contribution >= 0.6 is 11.8 Å². The van der Waals surface area contributed by atoms with Crippen LogP contribution in [0.5, 0.6) is 0 Å². The molecule has 5 heteroatoms. The fourth-order valence-electron chi connectivity index (χ4n) is 2.53. The number of hydrogen-bond donors (Lipinski definition) is 2. The lowest BCUT2D eigenvalue weighted by Crippen LogP contribution is -2.26. The highest BCUT2D eigenvalue weighted by atomic mass is 32.2. The minimum absolute atomic E-state index is 0.254. The van der Waals surface area contributed by atoms with Gasteiger partial charge in [-0.05, 0) is 18.6 Å². The smallest absolute Gasteiger partial charge is 0.337 e. The number of carboxylic acids is 1. The Morgan fingerprint density at radius 1 is 1.35 bits per heavy atom.